The highest BCUT2D eigenvalue weighted by Gasteiger charge is 2.14. The second kappa shape index (κ2) is 7.09. The number of ether oxygens (including phenoxy) is 1. The van der Waals surface area contributed by atoms with E-state index in [-0.39, 0.29) is 11.7 Å². The largest absolute Gasteiger partial charge is 0.493 e. The maximum Gasteiger partial charge on any atom is 0.226 e. The van der Waals surface area contributed by atoms with Gasteiger partial charge >= 0.3 is 0 Å². The lowest BCUT2D eigenvalue weighted by molar-refractivity contribution is -0.131. The zero-order valence-corrected chi connectivity index (χ0v) is 10.9. The molecular formula is C14H19FN2O2. The molecule has 0 bridgehead atoms. The monoisotopic (exact) mass is 266 g/mol. The third-order valence-electron chi connectivity index (χ3n) is 3.09. The van der Waals surface area contributed by atoms with Crippen LogP contribution in [0.15, 0.2) is 24.3 Å². The van der Waals surface area contributed by atoms with Crippen molar-refractivity contribution in [2.24, 2.45) is 0 Å². The van der Waals surface area contributed by atoms with Crippen LogP contribution in [0.4, 0.5) is 4.39 Å². The fraction of sp³-hybridized carbons (Fsp3) is 0.500. The first-order chi connectivity index (χ1) is 9.25. The fourth-order valence-electron chi connectivity index (χ4n) is 2.04. The van der Waals surface area contributed by atoms with E-state index in [1.54, 1.807) is 12.1 Å². The minimum Gasteiger partial charge on any atom is -0.493 e. The van der Waals surface area contributed by atoms with Crippen LogP contribution in [0.3, 0.4) is 0 Å². The smallest absolute Gasteiger partial charge is 0.226 e. The SMILES string of the molecule is O=C(CCOc1ccc(F)cc1)N1CCCNCC1. The zero-order valence-electron chi connectivity index (χ0n) is 10.9. The van der Waals surface area contributed by atoms with Gasteiger partial charge in [-0.15, -0.1) is 0 Å². The molecule has 1 saturated heterocycles. The summed E-state index contributed by atoms with van der Waals surface area (Å²) in [5, 5.41) is 3.26. The van der Waals surface area contributed by atoms with E-state index < -0.39 is 0 Å². The topological polar surface area (TPSA) is 41.6 Å². The molecule has 1 aliphatic heterocycles. The molecule has 1 N–H and O–H groups in total. The Hall–Kier alpha value is -1.62. The highest BCUT2D eigenvalue weighted by atomic mass is 19.1. The Balaban J connectivity index is 1.72. The number of rotatable bonds is 4. The number of amides is 1. The molecular weight excluding hydrogens is 247 g/mol. The molecule has 0 atom stereocenters. The molecule has 5 heteroatoms. The maximum absolute atomic E-state index is 12.7. The van der Waals surface area contributed by atoms with E-state index in [4.69, 9.17) is 4.74 Å². The molecule has 1 heterocycles. The van der Waals surface area contributed by atoms with E-state index in [2.05, 4.69) is 5.32 Å². The van der Waals surface area contributed by atoms with Gasteiger partial charge in [0, 0.05) is 19.6 Å². The van der Waals surface area contributed by atoms with E-state index in [0.717, 1.165) is 32.6 Å². The first-order valence-electron chi connectivity index (χ1n) is 6.62. The quantitative estimate of drug-likeness (QED) is 0.896. The van der Waals surface area contributed by atoms with Gasteiger partial charge in [0.2, 0.25) is 5.91 Å². The van der Waals surface area contributed by atoms with Gasteiger partial charge in [0.1, 0.15) is 11.6 Å². The Bertz CT molecular complexity index is 400. The Morgan fingerprint density at radius 2 is 2.05 bits per heavy atom. The molecule has 2 rings (SSSR count). The van der Waals surface area contributed by atoms with E-state index in [1.807, 2.05) is 4.90 Å². The van der Waals surface area contributed by atoms with Crippen molar-refractivity contribution in [1.29, 1.82) is 0 Å². The second-order valence-electron chi connectivity index (χ2n) is 4.54. The number of halogens is 1. The van der Waals surface area contributed by atoms with E-state index >= 15 is 0 Å². The summed E-state index contributed by atoms with van der Waals surface area (Å²) in [4.78, 5) is 13.8. The van der Waals surface area contributed by atoms with Gasteiger partial charge in [-0.2, -0.15) is 0 Å². The summed E-state index contributed by atoms with van der Waals surface area (Å²) >= 11 is 0. The molecule has 1 fully saturated rings. The van der Waals surface area contributed by atoms with Gasteiger partial charge in [0.25, 0.3) is 0 Å². The molecule has 0 aromatic heterocycles. The van der Waals surface area contributed by atoms with Crippen molar-refractivity contribution in [3.63, 3.8) is 0 Å². The summed E-state index contributed by atoms with van der Waals surface area (Å²) < 4.78 is 18.1. The predicted octanol–water partition coefficient (Wildman–Crippen LogP) is 1.42. The van der Waals surface area contributed by atoms with E-state index in [1.165, 1.54) is 12.1 Å². The molecule has 19 heavy (non-hydrogen) atoms. The molecule has 1 aliphatic rings. The summed E-state index contributed by atoms with van der Waals surface area (Å²) in [6.45, 7) is 3.71. The average Bonchev–Trinajstić information content (AvgIpc) is 2.70. The van der Waals surface area contributed by atoms with Crippen molar-refractivity contribution >= 4 is 5.91 Å². The zero-order chi connectivity index (χ0) is 13.5. The number of carbonyl (C=O) groups excluding carboxylic acids is 1. The van der Waals surface area contributed by atoms with Crippen molar-refractivity contribution < 1.29 is 13.9 Å². The normalized spacial score (nSPS) is 15.9. The van der Waals surface area contributed by atoms with Crippen molar-refractivity contribution in [3.8, 4) is 5.75 Å². The standard InChI is InChI=1S/C14H19FN2O2/c15-12-2-4-13(5-3-12)19-11-6-14(18)17-9-1-7-16-8-10-17/h2-5,16H,1,6-11H2. The number of benzene rings is 1. The van der Waals surface area contributed by atoms with Crippen molar-refractivity contribution in [3.05, 3.63) is 30.1 Å². The number of nitrogens with one attached hydrogen (secondary N) is 1. The highest BCUT2D eigenvalue weighted by Crippen LogP contribution is 2.11. The number of carbonyl (C=O) groups is 1. The molecule has 104 valence electrons. The summed E-state index contributed by atoms with van der Waals surface area (Å²) in [5.74, 6) is 0.415. The van der Waals surface area contributed by atoms with Gasteiger partial charge in [-0.05, 0) is 37.2 Å². The van der Waals surface area contributed by atoms with Gasteiger partial charge in [-0.3, -0.25) is 4.79 Å². The first-order valence-corrected chi connectivity index (χ1v) is 6.62. The summed E-state index contributed by atoms with van der Waals surface area (Å²) in [7, 11) is 0. The molecule has 1 aromatic carbocycles. The molecule has 0 saturated carbocycles. The minimum atomic E-state index is -0.291. The number of hydrogen-bond donors (Lipinski definition) is 1. The average molecular weight is 266 g/mol. The lowest BCUT2D eigenvalue weighted by Gasteiger charge is -2.19. The van der Waals surface area contributed by atoms with Crippen molar-refractivity contribution in [2.45, 2.75) is 12.8 Å². The lowest BCUT2D eigenvalue weighted by atomic mass is 10.3. The van der Waals surface area contributed by atoms with Crippen LogP contribution in [0.5, 0.6) is 5.75 Å². The Morgan fingerprint density at radius 1 is 1.26 bits per heavy atom. The van der Waals surface area contributed by atoms with Crippen LogP contribution < -0.4 is 10.1 Å². The van der Waals surface area contributed by atoms with Gasteiger partial charge in [0.05, 0.1) is 13.0 Å². The van der Waals surface area contributed by atoms with E-state index in [0.29, 0.717) is 18.8 Å². The molecule has 1 aromatic rings. The van der Waals surface area contributed by atoms with Crippen LogP contribution in [0.2, 0.25) is 0 Å². The lowest BCUT2D eigenvalue weighted by Crippen LogP contribution is -2.34. The summed E-state index contributed by atoms with van der Waals surface area (Å²) in [6.07, 6.45) is 1.35. The van der Waals surface area contributed by atoms with Gasteiger partial charge in [-0.1, -0.05) is 0 Å². The third-order valence-corrected chi connectivity index (χ3v) is 3.09. The van der Waals surface area contributed by atoms with Gasteiger partial charge < -0.3 is 15.0 Å². The van der Waals surface area contributed by atoms with Crippen LogP contribution in [0.25, 0.3) is 0 Å². The summed E-state index contributed by atoms with van der Waals surface area (Å²) in [5.41, 5.74) is 0. The number of nitrogens with zero attached hydrogens (tertiary/aromatic N) is 1. The van der Waals surface area contributed by atoms with E-state index in [9.17, 15) is 9.18 Å². The molecule has 0 spiro atoms. The molecule has 0 radical (unpaired) electrons. The Labute approximate surface area is 112 Å². The van der Waals surface area contributed by atoms with Crippen LogP contribution in [0.1, 0.15) is 12.8 Å². The van der Waals surface area contributed by atoms with Crippen molar-refractivity contribution in [1.82, 2.24) is 10.2 Å². The van der Waals surface area contributed by atoms with Crippen LogP contribution >= 0.6 is 0 Å². The molecule has 1 amide bonds. The van der Waals surface area contributed by atoms with Gasteiger partial charge in [-0.25, -0.2) is 4.39 Å². The molecule has 4 nitrogen and oxygen atoms in total. The van der Waals surface area contributed by atoms with Crippen LogP contribution in [-0.2, 0) is 4.79 Å². The van der Waals surface area contributed by atoms with Gasteiger partial charge in [0.15, 0.2) is 0 Å². The fourth-order valence-corrected chi connectivity index (χ4v) is 2.04. The Morgan fingerprint density at radius 3 is 2.84 bits per heavy atom. The van der Waals surface area contributed by atoms with Crippen LogP contribution in [0, 0.1) is 5.82 Å². The minimum absolute atomic E-state index is 0.116. The first kappa shape index (κ1) is 13.8. The maximum atomic E-state index is 12.7. The van der Waals surface area contributed by atoms with Crippen LogP contribution in [-0.4, -0.2) is 43.6 Å². The second-order valence-corrected chi connectivity index (χ2v) is 4.54. The molecule has 0 unspecified atom stereocenters. The molecule has 0 aliphatic carbocycles. The Kier molecular flexibility index (Phi) is 5.15. The highest BCUT2D eigenvalue weighted by molar-refractivity contribution is 5.76. The predicted molar refractivity (Wildman–Crippen MR) is 70.6 cm³/mol. The number of hydrogen-bond acceptors (Lipinski definition) is 3. The summed E-state index contributed by atoms with van der Waals surface area (Å²) in [6, 6.07) is 5.82. The third kappa shape index (κ3) is 4.52. The van der Waals surface area contributed by atoms with Crippen molar-refractivity contribution in [2.75, 3.05) is 32.8 Å².